The van der Waals surface area contributed by atoms with Crippen molar-refractivity contribution in [3.05, 3.63) is 24.1 Å². The summed E-state index contributed by atoms with van der Waals surface area (Å²) in [7, 11) is 3.60. The largest absolute Gasteiger partial charge is 0.381 e. The molecule has 2 unspecified atom stereocenters. The summed E-state index contributed by atoms with van der Waals surface area (Å²) in [6.07, 6.45) is 9.23. The quantitative estimate of drug-likeness (QED) is 0.836. The fourth-order valence-electron chi connectivity index (χ4n) is 2.67. The highest BCUT2D eigenvalue weighted by Crippen LogP contribution is 2.26. The van der Waals surface area contributed by atoms with Crippen molar-refractivity contribution in [1.82, 2.24) is 5.32 Å². The molecule has 1 fully saturated rings. The number of likely N-dealkylation sites (N-methyl/N-ethyl adjacent to an activating group) is 1. The zero-order valence-corrected chi connectivity index (χ0v) is 11.1. The van der Waals surface area contributed by atoms with Crippen molar-refractivity contribution in [1.29, 1.82) is 0 Å². The summed E-state index contributed by atoms with van der Waals surface area (Å²) in [6, 6.07) is 0.0485. The molecule has 2 aliphatic carbocycles. The summed E-state index contributed by atoms with van der Waals surface area (Å²) in [5.74, 6) is -0.217. The van der Waals surface area contributed by atoms with E-state index in [0.717, 1.165) is 25.7 Å². The van der Waals surface area contributed by atoms with Crippen LogP contribution in [0.1, 0.15) is 25.7 Å². The van der Waals surface area contributed by atoms with Gasteiger partial charge in [-0.05, 0) is 44.9 Å². The second-order valence-corrected chi connectivity index (χ2v) is 4.97. The van der Waals surface area contributed by atoms with E-state index in [1.165, 1.54) is 6.08 Å². The van der Waals surface area contributed by atoms with Gasteiger partial charge in [0, 0.05) is 7.11 Å². The van der Waals surface area contributed by atoms with Gasteiger partial charge in [-0.2, -0.15) is 0 Å². The van der Waals surface area contributed by atoms with Gasteiger partial charge in [0.05, 0.1) is 24.4 Å². The maximum absolute atomic E-state index is 13.3. The van der Waals surface area contributed by atoms with Gasteiger partial charge >= 0.3 is 0 Å². The summed E-state index contributed by atoms with van der Waals surface area (Å²) in [6.45, 7) is 0. The van der Waals surface area contributed by atoms with E-state index in [0.29, 0.717) is 0 Å². The van der Waals surface area contributed by atoms with Gasteiger partial charge in [0.15, 0.2) is 0 Å². The molecule has 0 radical (unpaired) electrons. The maximum Gasteiger partial charge on any atom is 0.121 e. The van der Waals surface area contributed by atoms with Crippen LogP contribution in [0, 0.1) is 0 Å². The van der Waals surface area contributed by atoms with Crippen molar-refractivity contribution in [2.75, 3.05) is 14.2 Å². The average Bonchev–Trinajstić information content (AvgIpc) is 2.39. The Bertz CT molecular complexity index is 330. The second kappa shape index (κ2) is 6.45. The smallest absolute Gasteiger partial charge is 0.121 e. The van der Waals surface area contributed by atoms with Gasteiger partial charge in [-0.15, -0.1) is 0 Å². The summed E-state index contributed by atoms with van der Waals surface area (Å²) in [5.41, 5.74) is 0. The summed E-state index contributed by atoms with van der Waals surface area (Å²) in [4.78, 5) is 0. The number of allylic oxidation sites excluding steroid dienone is 2. The fourth-order valence-corrected chi connectivity index (χ4v) is 2.67. The minimum absolute atomic E-state index is 0.0485. The van der Waals surface area contributed by atoms with Crippen molar-refractivity contribution in [3.8, 4) is 0 Å². The lowest BCUT2D eigenvalue weighted by Gasteiger charge is -2.33. The van der Waals surface area contributed by atoms with Crippen LogP contribution in [-0.4, -0.2) is 38.5 Å². The van der Waals surface area contributed by atoms with Gasteiger partial charge in [-0.25, -0.2) is 4.39 Å². The van der Waals surface area contributed by atoms with Crippen LogP contribution in [-0.2, 0) is 9.47 Å². The Balaban J connectivity index is 1.93. The Hall–Kier alpha value is -0.710. The third-order valence-corrected chi connectivity index (χ3v) is 3.73. The molecule has 0 aromatic rings. The molecule has 1 N–H and O–H groups in total. The Morgan fingerprint density at radius 2 is 2.11 bits per heavy atom. The summed E-state index contributed by atoms with van der Waals surface area (Å²) >= 11 is 0. The molecule has 0 amide bonds. The van der Waals surface area contributed by atoms with Crippen LogP contribution in [0.4, 0.5) is 4.39 Å². The van der Waals surface area contributed by atoms with Crippen LogP contribution in [0.3, 0.4) is 0 Å². The number of nitrogens with one attached hydrogen (secondary N) is 1. The third-order valence-electron chi connectivity index (χ3n) is 3.73. The maximum atomic E-state index is 13.3. The number of ether oxygens (including phenoxy) is 2. The predicted molar refractivity (Wildman–Crippen MR) is 69.1 cm³/mol. The van der Waals surface area contributed by atoms with Crippen LogP contribution < -0.4 is 5.32 Å². The van der Waals surface area contributed by atoms with Crippen LogP contribution >= 0.6 is 0 Å². The molecule has 0 saturated heterocycles. The van der Waals surface area contributed by atoms with E-state index in [1.807, 2.05) is 13.1 Å². The minimum Gasteiger partial charge on any atom is -0.381 e. The van der Waals surface area contributed by atoms with E-state index in [1.54, 1.807) is 13.2 Å². The second-order valence-electron chi connectivity index (χ2n) is 4.97. The van der Waals surface area contributed by atoms with E-state index < -0.39 is 0 Å². The van der Waals surface area contributed by atoms with Gasteiger partial charge in [-0.1, -0.05) is 6.08 Å². The number of methoxy groups -OCH3 is 1. The van der Waals surface area contributed by atoms with Gasteiger partial charge in [0.1, 0.15) is 5.83 Å². The highest BCUT2D eigenvalue weighted by Gasteiger charge is 2.28. The standard InChI is InChI=1S/C14H22FNO2/c1-16-13-7-6-10(15)8-14(13)18-12-5-3-4-11(9-12)17-2/h6-8,11-14,16H,3-5,9H2,1-2H3/t11-,12+,13?,14?/m1/s1. The first-order chi connectivity index (χ1) is 8.72. The molecule has 3 nitrogen and oxygen atoms in total. The first kappa shape index (κ1) is 13.7. The van der Waals surface area contributed by atoms with Crippen molar-refractivity contribution in [3.63, 3.8) is 0 Å². The van der Waals surface area contributed by atoms with Gasteiger partial charge < -0.3 is 14.8 Å². The molecule has 0 heterocycles. The van der Waals surface area contributed by atoms with Crippen LogP contribution in [0.15, 0.2) is 24.1 Å². The molecule has 0 aliphatic heterocycles. The zero-order chi connectivity index (χ0) is 13.0. The summed E-state index contributed by atoms with van der Waals surface area (Å²) in [5, 5.41) is 3.14. The molecule has 2 aliphatic rings. The third kappa shape index (κ3) is 3.40. The van der Waals surface area contributed by atoms with Crippen LogP contribution in [0.2, 0.25) is 0 Å². The monoisotopic (exact) mass is 255 g/mol. The lowest BCUT2D eigenvalue weighted by molar-refractivity contribution is -0.0560. The molecule has 4 heteroatoms. The van der Waals surface area contributed by atoms with E-state index in [-0.39, 0.29) is 30.2 Å². The van der Waals surface area contributed by atoms with Crippen molar-refractivity contribution < 1.29 is 13.9 Å². The van der Waals surface area contributed by atoms with Crippen LogP contribution in [0.25, 0.3) is 0 Å². The zero-order valence-electron chi connectivity index (χ0n) is 11.1. The molecule has 0 aromatic heterocycles. The molecule has 0 bridgehead atoms. The van der Waals surface area contributed by atoms with E-state index in [9.17, 15) is 4.39 Å². The topological polar surface area (TPSA) is 30.5 Å². The highest BCUT2D eigenvalue weighted by molar-refractivity contribution is 5.23. The summed E-state index contributed by atoms with van der Waals surface area (Å²) < 4.78 is 24.7. The van der Waals surface area contributed by atoms with Gasteiger partial charge in [0.2, 0.25) is 0 Å². The first-order valence-corrected chi connectivity index (χ1v) is 6.64. The Kier molecular flexibility index (Phi) is 4.92. The van der Waals surface area contributed by atoms with E-state index >= 15 is 0 Å². The Morgan fingerprint density at radius 1 is 1.33 bits per heavy atom. The van der Waals surface area contributed by atoms with E-state index in [2.05, 4.69) is 5.32 Å². The lowest BCUT2D eigenvalue weighted by atomic mass is 9.94. The van der Waals surface area contributed by atoms with Gasteiger partial charge in [-0.3, -0.25) is 0 Å². The SMILES string of the molecule is CNC1C=CC(F)=CC1O[C@H]1CCC[C@@H](OC)C1. The molecule has 18 heavy (non-hydrogen) atoms. The molecule has 102 valence electrons. The molecule has 0 spiro atoms. The van der Waals surface area contributed by atoms with Crippen molar-refractivity contribution in [2.24, 2.45) is 0 Å². The number of halogens is 1. The molecular weight excluding hydrogens is 233 g/mol. The average molecular weight is 255 g/mol. The number of rotatable bonds is 4. The van der Waals surface area contributed by atoms with Crippen LogP contribution in [0.5, 0.6) is 0 Å². The van der Waals surface area contributed by atoms with E-state index in [4.69, 9.17) is 9.47 Å². The molecule has 2 rings (SSSR count). The first-order valence-electron chi connectivity index (χ1n) is 6.64. The number of hydrogen-bond acceptors (Lipinski definition) is 3. The molecule has 4 atom stereocenters. The number of hydrogen-bond donors (Lipinski definition) is 1. The Morgan fingerprint density at radius 3 is 2.83 bits per heavy atom. The Labute approximate surface area is 108 Å². The molecular formula is C14H22FNO2. The van der Waals surface area contributed by atoms with Crippen molar-refractivity contribution in [2.45, 2.75) is 50.0 Å². The lowest BCUT2D eigenvalue weighted by Crippen LogP contribution is -2.41. The fraction of sp³-hybridized carbons (Fsp3) is 0.714. The molecule has 1 saturated carbocycles. The normalized spacial score (nSPS) is 36.5. The highest BCUT2D eigenvalue weighted by atomic mass is 19.1. The van der Waals surface area contributed by atoms with Gasteiger partial charge in [0.25, 0.3) is 0 Å². The van der Waals surface area contributed by atoms with Crippen molar-refractivity contribution >= 4 is 0 Å². The predicted octanol–water partition coefficient (Wildman–Crippen LogP) is 2.34. The minimum atomic E-state index is -0.222. The molecule has 0 aromatic carbocycles.